The molecule has 2 aliphatic rings. The first-order valence-corrected chi connectivity index (χ1v) is 10.0. The monoisotopic (exact) mass is 429 g/mol. The van der Waals surface area contributed by atoms with Gasteiger partial charge in [0.1, 0.15) is 17.8 Å². The smallest absolute Gasteiger partial charge is 0.231 e. The van der Waals surface area contributed by atoms with Crippen molar-refractivity contribution in [1.29, 1.82) is 5.41 Å². The van der Waals surface area contributed by atoms with E-state index in [2.05, 4.69) is 9.97 Å². The molecule has 0 bridgehead atoms. The van der Waals surface area contributed by atoms with Crippen LogP contribution in [0.25, 0.3) is 11.2 Å². The number of nitrogens with zero attached hydrogens (tertiary/aromatic N) is 4. The van der Waals surface area contributed by atoms with Crippen LogP contribution in [-0.4, -0.2) is 66.1 Å². The Hall–Kier alpha value is -2.99. The molecule has 31 heavy (non-hydrogen) atoms. The number of aliphatic hydroxyl groups is 3. The fraction of sp³-hybridized carbons (Fsp3) is 0.450. The van der Waals surface area contributed by atoms with E-state index in [-0.39, 0.29) is 25.4 Å². The van der Waals surface area contributed by atoms with Crippen molar-refractivity contribution < 1.29 is 29.5 Å². The summed E-state index contributed by atoms with van der Waals surface area (Å²) < 4.78 is 19.5. The summed E-state index contributed by atoms with van der Waals surface area (Å²) in [5.41, 5.74) is 1.83. The zero-order valence-electron chi connectivity index (χ0n) is 16.6. The second-order valence-corrected chi connectivity index (χ2v) is 7.73. The van der Waals surface area contributed by atoms with Crippen molar-refractivity contribution in [2.75, 3.05) is 13.4 Å². The second kappa shape index (κ2) is 7.93. The van der Waals surface area contributed by atoms with Crippen molar-refractivity contribution in [3.05, 3.63) is 41.9 Å². The van der Waals surface area contributed by atoms with Crippen LogP contribution >= 0.6 is 0 Å². The number of fused-ring (bicyclic) bond motifs is 2. The number of nitrogens with one attached hydrogen (secondary N) is 1. The van der Waals surface area contributed by atoms with Crippen molar-refractivity contribution in [2.24, 2.45) is 0 Å². The molecule has 1 fully saturated rings. The quantitative estimate of drug-likeness (QED) is 0.417. The van der Waals surface area contributed by atoms with Crippen LogP contribution < -0.4 is 15.0 Å². The molecule has 0 radical (unpaired) electrons. The van der Waals surface area contributed by atoms with E-state index in [0.29, 0.717) is 35.5 Å². The number of benzene rings is 1. The molecule has 0 amide bonds. The minimum absolute atomic E-state index is 0.116. The fourth-order valence-corrected chi connectivity index (χ4v) is 4.00. The molecule has 0 aliphatic carbocycles. The van der Waals surface area contributed by atoms with Crippen LogP contribution in [0.2, 0.25) is 0 Å². The summed E-state index contributed by atoms with van der Waals surface area (Å²) in [6.07, 6.45) is 0.994. The zero-order chi connectivity index (χ0) is 21.5. The van der Waals surface area contributed by atoms with Gasteiger partial charge in [-0.2, -0.15) is 0 Å². The van der Waals surface area contributed by atoms with E-state index < -0.39 is 24.5 Å². The van der Waals surface area contributed by atoms with Crippen molar-refractivity contribution in [2.45, 2.75) is 43.9 Å². The van der Waals surface area contributed by atoms with Gasteiger partial charge in [-0.15, -0.1) is 0 Å². The third-order valence-electron chi connectivity index (χ3n) is 5.61. The summed E-state index contributed by atoms with van der Waals surface area (Å²) in [5, 5.41) is 38.3. The lowest BCUT2D eigenvalue weighted by Crippen LogP contribution is -2.28. The Morgan fingerprint density at radius 3 is 2.84 bits per heavy atom. The SMILES string of the molecule is N=c1c2ncn([C@H]3C[C@H](O)[C@@H](CO)O3)c2ncn1C[C@H](O)Cc1ccc2c(c1)OCO2. The summed E-state index contributed by atoms with van der Waals surface area (Å²) in [6.45, 7) is 0.0974. The highest BCUT2D eigenvalue weighted by Gasteiger charge is 2.35. The molecule has 0 saturated carbocycles. The third kappa shape index (κ3) is 3.65. The van der Waals surface area contributed by atoms with Crippen LogP contribution in [0, 0.1) is 5.41 Å². The van der Waals surface area contributed by atoms with E-state index in [4.69, 9.17) is 19.6 Å². The first-order chi connectivity index (χ1) is 15.0. The molecule has 4 heterocycles. The van der Waals surface area contributed by atoms with Crippen LogP contribution in [0.15, 0.2) is 30.9 Å². The van der Waals surface area contributed by atoms with Gasteiger partial charge >= 0.3 is 0 Å². The van der Waals surface area contributed by atoms with Crippen molar-refractivity contribution in [3.8, 4) is 11.5 Å². The van der Waals surface area contributed by atoms with Gasteiger partial charge in [0.05, 0.1) is 38.0 Å². The maximum absolute atomic E-state index is 10.6. The van der Waals surface area contributed by atoms with Gasteiger partial charge in [-0.05, 0) is 17.7 Å². The minimum Gasteiger partial charge on any atom is -0.454 e. The standard InChI is InChI=1S/C20H23N5O6/c21-19-18-20(25(9-22-18)17-5-13(28)16(7-26)31-17)23-8-24(19)6-12(27)3-11-1-2-14-15(4-11)30-10-29-14/h1-2,4,8-9,12-13,16-17,21,26-28H,3,5-7,10H2/t12-,13+,16-,17-/m1/s1. The van der Waals surface area contributed by atoms with Crippen LogP contribution in [0.1, 0.15) is 18.2 Å². The number of aliphatic hydroxyl groups excluding tert-OH is 3. The second-order valence-electron chi connectivity index (χ2n) is 7.73. The molecule has 2 aromatic heterocycles. The number of hydrogen-bond donors (Lipinski definition) is 4. The van der Waals surface area contributed by atoms with Gasteiger partial charge in [0.2, 0.25) is 6.79 Å². The molecule has 3 aromatic rings. The van der Waals surface area contributed by atoms with Crippen molar-refractivity contribution in [1.82, 2.24) is 19.1 Å². The predicted molar refractivity (Wildman–Crippen MR) is 105 cm³/mol. The maximum atomic E-state index is 10.6. The van der Waals surface area contributed by atoms with Crippen LogP contribution in [-0.2, 0) is 17.7 Å². The Labute approximate surface area is 176 Å². The Bertz CT molecular complexity index is 1160. The van der Waals surface area contributed by atoms with E-state index in [9.17, 15) is 15.3 Å². The van der Waals surface area contributed by atoms with E-state index in [1.54, 1.807) is 4.57 Å². The largest absolute Gasteiger partial charge is 0.454 e. The van der Waals surface area contributed by atoms with Gasteiger partial charge in [0.15, 0.2) is 22.6 Å². The highest BCUT2D eigenvalue weighted by Crippen LogP contribution is 2.33. The number of aromatic nitrogens is 4. The highest BCUT2D eigenvalue weighted by molar-refractivity contribution is 5.68. The number of rotatable bonds is 6. The molecule has 11 heteroatoms. The summed E-state index contributed by atoms with van der Waals surface area (Å²) in [7, 11) is 0. The zero-order valence-corrected chi connectivity index (χ0v) is 16.6. The molecule has 1 aromatic carbocycles. The summed E-state index contributed by atoms with van der Waals surface area (Å²) >= 11 is 0. The molecule has 4 N–H and O–H groups in total. The first kappa shape index (κ1) is 19.9. The summed E-state index contributed by atoms with van der Waals surface area (Å²) in [4.78, 5) is 8.69. The van der Waals surface area contributed by atoms with Gasteiger partial charge in [-0.3, -0.25) is 9.98 Å². The molecule has 0 spiro atoms. The molecule has 4 atom stereocenters. The topological polar surface area (TPSA) is 148 Å². The lowest BCUT2D eigenvalue weighted by atomic mass is 10.1. The molecule has 2 aliphatic heterocycles. The molecule has 11 nitrogen and oxygen atoms in total. The minimum atomic E-state index is -0.775. The summed E-state index contributed by atoms with van der Waals surface area (Å²) in [5.74, 6) is 1.35. The van der Waals surface area contributed by atoms with Crippen molar-refractivity contribution in [3.63, 3.8) is 0 Å². The van der Waals surface area contributed by atoms with Crippen LogP contribution in [0.3, 0.4) is 0 Å². The van der Waals surface area contributed by atoms with Gasteiger partial charge in [0.25, 0.3) is 0 Å². The molecule has 164 valence electrons. The molecule has 5 rings (SSSR count). The average Bonchev–Trinajstić information content (AvgIpc) is 3.47. The Morgan fingerprint density at radius 2 is 2.03 bits per heavy atom. The van der Waals surface area contributed by atoms with Gasteiger partial charge in [-0.1, -0.05) is 6.07 Å². The lowest BCUT2D eigenvalue weighted by molar-refractivity contribution is -0.0432. The Morgan fingerprint density at radius 1 is 1.19 bits per heavy atom. The third-order valence-corrected chi connectivity index (χ3v) is 5.61. The first-order valence-electron chi connectivity index (χ1n) is 10.0. The summed E-state index contributed by atoms with van der Waals surface area (Å²) in [6, 6.07) is 5.54. The van der Waals surface area contributed by atoms with Crippen molar-refractivity contribution >= 4 is 11.2 Å². The van der Waals surface area contributed by atoms with E-state index in [1.807, 2.05) is 18.2 Å². The van der Waals surface area contributed by atoms with E-state index in [1.165, 1.54) is 17.2 Å². The van der Waals surface area contributed by atoms with E-state index >= 15 is 0 Å². The predicted octanol–water partition coefficient (Wildman–Crippen LogP) is -0.315. The van der Waals surface area contributed by atoms with Gasteiger partial charge in [-0.25, -0.2) is 9.97 Å². The normalized spacial score (nSPS) is 23.5. The number of imidazole rings is 1. The fourth-order valence-electron chi connectivity index (χ4n) is 4.00. The number of ether oxygens (including phenoxy) is 3. The van der Waals surface area contributed by atoms with Gasteiger partial charge < -0.3 is 34.1 Å². The average molecular weight is 429 g/mol. The highest BCUT2D eigenvalue weighted by atomic mass is 16.7. The van der Waals surface area contributed by atoms with Crippen LogP contribution in [0.5, 0.6) is 11.5 Å². The van der Waals surface area contributed by atoms with E-state index in [0.717, 1.165) is 5.56 Å². The Kier molecular flexibility index (Phi) is 5.10. The molecular weight excluding hydrogens is 406 g/mol. The molecular formula is C20H23N5O6. The Balaban J connectivity index is 1.33. The van der Waals surface area contributed by atoms with Crippen LogP contribution in [0.4, 0.5) is 0 Å². The maximum Gasteiger partial charge on any atom is 0.231 e. The molecule has 1 saturated heterocycles. The van der Waals surface area contributed by atoms with Gasteiger partial charge in [0, 0.05) is 12.8 Å². The molecule has 0 unspecified atom stereocenters. The number of hydrogen-bond acceptors (Lipinski definition) is 9. The lowest BCUT2D eigenvalue weighted by Gasteiger charge is -2.15.